The van der Waals surface area contributed by atoms with Gasteiger partial charge < -0.3 is 21.1 Å². The number of hydrogen-bond donors (Lipinski definition) is 3. The third-order valence-corrected chi connectivity index (χ3v) is 6.11. The molecule has 1 aliphatic rings. The highest BCUT2D eigenvalue weighted by Crippen LogP contribution is 2.28. The maximum absolute atomic E-state index is 14.3. The van der Waals surface area contributed by atoms with Gasteiger partial charge in [-0.2, -0.15) is 0 Å². The molecule has 0 unspecified atom stereocenters. The standard InChI is InChI=1S/C23H20BrFN4O5/c24-14-6-12(5-13(8-14)21(31)32)7-20(30)19-9-15(25)10-29(19)23(34)27-17-11-28(22(26)33)18-4-2-1-3-16(17)18/h1-6,8,11,15,19H,7,9-10H2,(H2,26,33)(H,27,34)(H,31,32)/t15-,19+/m1/s1. The molecular weight excluding hydrogens is 511 g/mol. The number of hydrogen-bond acceptors (Lipinski definition) is 4. The molecule has 9 nitrogen and oxygen atoms in total. The summed E-state index contributed by atoms with van der Waals surface area (Å²) < 4.78 is 16.0. The number of primary amides is 1. The van der Waals surface area contributed by atoms with E-state index in [2.05, 4.69) is 21.2 Å². The van der Waals surface area contributed by atoms with Crippen molar-refractivity contribution in [3.8, 4) is 0 Å². The minimum absolute atomic E-state index is 0.00686. The summed E-state index contributed by atoms with van der Waals surface area (Å²) >= 11 is 3.22. The van der Waals surface area contributed by atoms with Gasteiger partial charge in [0, 0.05) is 28.9 Å². The van der Waals surface area contributed by atoms with Crippen LogP contribution in [0.5, 0.6) is 0 Å². The van der Waals surface area contributed by atoms with Gasteiger partial charge in [0.1, 0.15) is 6.17 Å². The van der Waals surface area contributed by atoms with E-state index >= 15 is 0 Å². The maximum Gasteiger partial charge on any atom is 0.335 e. The summed E-state index contributed by atoms with van der Waals surface area (Å²) in [5.41, 5.74) is 6.64. The average Bonchev–Trinajstić information content (AvgIpc) is 3.34. The van der Waals surface area contributed by atoms with Gasteiger partial charge in [-0.1, -0.05) is 34.1 Å². The number of benzene rings is 2. The number of ketones is 1. The van der Waals surface area contributed by atoms with Crippen molar-refractivity contribution in [1.82, 2.24) is 9.47 Å². The Morgan fingerprint density at radius 2 is 1.91 bits per heavy atom. The minimum Gasteiger partial charge on any atom is -0.478 e. The van der Waals surface area contributed by atoms with Gasteiger partial charge >= 0.3 is 18.0 Å². The molecule has 4 rings (SSSR count). The predicted octanol–water partition coefficient (Wildman–Crippen LogP) is 3.78. The Morgan fingerprint density at radius 1 is 1.18 bits per heavy atom. The normalized spacial score (nSPS) is 17.6. The summed E-state index contributed by atoms with van der Waals surface area (Å²) in [6.07, 6.45) is -0.333. The van der Waals surface area contributed by atoms with Crippen LogP contribution in [0.4, 0.5) is 19.7 Å². The number of carboxylic acid groups (broad SMARTS) is 1. The van der Waals surface area contributed by atoms with Gasteiger partial charge in [-0.15, -0.1) is 0 Å². The lowest BCUT2D eigenvalue weighted by Gasteiger charge is -2.23. The zero-order valence-electron chi connectivity index (χ0n) is 17.7. The highest BCUT2D eigenvalue weighted by atomic mass is 79.9. The number of amides is 3. The predicted molar refractivity (Wildman–Crippen MR) is 126 cm³/mol. The van der Waals surface area contributed by atoms with Crippen LogP contribution in [-0.4, -0.2) is 57.1 Å². The molecule has 11 heteroatoms. The van der Waals surface area contributed by atoms with E-state index in [4.69, 9.17) is 5.73 Å². The first-order valence-electron chi connectivity index (χ1n) is 10.3. The number of para-hydroxylation sites is 1. The van der Waals surface area contributed by atoms with Crippen molar-refractivity contribution in [1.29, 1.82) is 0 Å². The Hall–Kier alpha value is -3.73. The molecule has 4 N–H and O–H groups in total. The van der Waals surface area contributed by atoms with Crippen LogP contribution in [0.2, 0.25) is 0 Å². The molecule has 2 heterocycles. The van der Waals surface area contributed by atoms with Crippen molar-refractivity contribution >= 4 is 56.3 Å². The van der Waals surface area contributed by atoms with E-state index in [0.29, 0.717) is 26.6 Å². The van der Waals surface area contributed by atoms with Crippen molar-refractivity contribution in [3.63, 3.8) is 0 Å². The number of halogens is 2. The van der Waals surface area contributed by atoms with Crippen LogP contribution >= 0.6 is 15.9 Å². The van der Waals surface area contributed by atoms with Gasteiger partial charge in [-0.05, 0) is 29.8 Å². The van der Waals surface area contributed by atoms with Gasteiger partial charge in [0.15, 0.2) is 5.78 Å². The second-order valence-electron chi connectivity index (χ2n) is 8.00. The van der Waals surface area contributed by atoms with E-state index < -0.39 is 36.0 Å². The molecule has 176 valence electrons. The van der Waals surface area contributed by atoms with Crippen molar-refractivity contribution in [2.75, 3.05) is 11.9 Å². The molecule has 1 saturated heterocycles. The SMILES string of the molecule is NC(=O)n1cc(NC(=O)N2C[C@H](F)C[C@H]2C(=O)Cc2cc(Br)cc(C(=O)O)c2)c2ccccc21. The molecule has 34 heavy (non-hydrogen) atoms. The number of likely N-dealkylation sites (tertiary alicyclic amines) is 1. The first kappa shape index (κ1) is 23.4. The Balaban J connectivity index is 1.56. The molecule has 1 fully saturated rings. The van der Waals surface area contributed by atoms with E-state index in [-0.39, 0.29) is 24.9 Å². The van der Waals surface area contributed by atoms with Crippen molar-refractivity contribution in [2.45, 2.75) is 25.1 Å². The molecule has 2 atom stereocenters. The minimum atomic E-state index is -1.39. The number of nitrogens with zero attached hydrogens (tertiary/aromatic N) is 2. The number of aromatic carboxylic acids is 1. The number of nitrogens with two attached hydrogens (primary N) is 1. The fourth-order valence-corrected chi connectivity index (χ4v) is 4.70. The summed E-state index contributed by atoms with van der Waals surface area (Å²) in [6.45, 7) is -0.268. The molecule has 0 saturated carbocycles. The van der Waals surface area contributed by atoms with E-state index in [1.807, 2.05) is 0 Å². The number of nitrogens with one attached hydrogen (secondary N) is 1. The lowest BCUT2D eigenvalue weighted by molar-refractivity contribution is -0.121. The molecule has 0 radical (unpaired) electrons. The Bertz CT molecular complexity index is 1320. The van der Waals surface area contributed by atoms with Crippen molar-refractivity contribution in [3.05, 3.63) is 64.3 Å². The van der Waals surface area contributed by atoms with Gasteiger partial charge in [0.05, 0.1) is 29.4 Å². The molecule has 1 aliphatic heterocycles. The van der Waals surface area contributed by atoms with Gasteiger partial charge in [-0.3, -0.25) is 9.36 Å². The zero-order valence-corrected chi connectivity index (χ0v) is 19.3. The van der Waals surface area contributed by atoms with Crippen LogP contribution in [0.1, 0.15) is 22.3 Å². The fraction of sp³-hybridized carbons (Fsp3) is 0.217. The molecular formula is C23H20BrFN4O5. The summed E-state index contributed by atoms with van der Waals surface area (Å²) in [5.74, 6) is -1.56. The first-order valence-corrected chi connectivity index (χ1v) is 11.1. The zero-order chi connectivity index (χ0) is 24.6. The van der Waals surface area contributed by atoms with Crippen LogP contribution in [0.3, 0.4) is 0 Å². The van der Waals surface area contributed by atoms with E-state index in [1.54, 1.807) is 30.3 Å². The second kappa shape index (κ2) is 9.26. The largest absolute Gasteiger partial charge is 0.478 e. The second-order valence-corrected chi connectivity index (χ2v) is 8.91. The number of anilines is 1. The molecule has 0 aliphatic carbocycles. The van der Waals surface area contributed by atoms with Gasteiger partial charge in [0.2, 0.25) is 0 Å². The highest BCUT2D eigenvalue weighted by Gasteiger charge is 2.39. The lowest BCUT2D eigenvalue weighted by Crippen LogP contribution is -2.43. The fourth-order valence-electron chi connectivity index (χ4n) is 4.16. The molecule has 1 aromatic heterocycles. The summed E-state index contributed by atoms with van der Waals surface area (Å²) in [5, 5.41) is 12.5. The topological polar surface area (TPSA) is 135 Å². The van der Waals surface area contributed by atoms with E-state index in [0.717, 1.165) is 4.90 Å². The van der Waals surface area contributed by atoms with E-state index in [9.17, 15) is 28.7 Å². The summed E-state index contributed by atoms with van der Waals surface area (Å²) in [6, 6.07) is 8.75. The van der Waals surface area contributed by atoms with Crippen LogP contribution in [0.15, 0.2) is 53.1 Å². The Morgan fingerprint density at radius 3 is 2.62 bits per heavy atom. The van der Waals surface area contributed by atoms with E-state index in [1.165, 1.54) is 22.9 Å². The Labute approximate surface area is 201 Å². The lowest BCUT2D eigenvalue weighted by atomic mass is 10.0. The number of urea groups is 1. The van der Waals surface area contributed by atoms with Crippen molar-refractivity contribution in [2.24, 2.45) is 5.73 Å². The monoisotopic (exact) mass is 530 g/mol. The quantitative estimate of drug-likeness (QED) is 0.461. The number of carbonyl (C=O) groups excluding carboxylic acids is 3. The van der Waals surface area contributed by atoms with Crippen LogP contribution in [-0.2, 0) is 11.2 Å². The van der Waals surface area contributed by atoms with Crippen LogP contribution in [0.25, 0.3) is 10.9 Å². The Kier molecular flexibility index (Phi) is 6.38. The first-order chi connectivity index (χ1) is 16.1. The maximum atomic E-state index is 14.3. The molecule has 3 aromatic rings. The van der Waals surface area contributed by atoms with Crippen molar-refractivity contribution < 1.29 is 28.7 Å². The number of alkyl halides is 1. The number of carbonyl (C=O) groups is 4. The third kappa shape index (κ3) is 4.65. The molecule has 0 spiro atoms. The number of aromatic nitrogens is 1. The average molecular weight is 531 g/mol. The molecule has 2 aromatic carbocycles. The molecule has 0 bridgehead atoms. The highest BCUT2D eigenvalue weighted by molar-refractivity contribution is 9.10. The number of rotatable bonds is 5. The third-order valence-electron chi connectivity index (χ3n) is 5.66. The van der Waals surface area contributed by atoms with Gasteiger partial charge in [0.25, 0.3) is 0 Å². The van der Waals surface area contributed by atoms with Crippen LogP contribution < -0.4 is 11.1 Å². The summed E-state index contributed by atoms with van der Waals surface area (Å²) in [4.78, 5) is 50.2. The number of fused-ring (bicyclic) bond motifs is 1. The van der Waals surface area contributed by atoms with Crippen LogP contribution in [0, 0.1) is 0 Å². The molecule has 3 amide bonds. The number of carboxylic acids is 1. The number of Topliss-reactive ketones (excluding diaryl/α,β-unsaturated/α-hetero) is 1. The smallest absolute Gasteiger partial charge is 0.335 e. The summed E-state index contributed by atoms with van der Waals surface area (Å²) in [7, 11) is 0. The van der Waals surface area contributed by atoms with Gasteiger partial charge in [-0.25, -0.2) is 18.8 Å².